The lowest BCUT2D eigenvalue weighted by Gasteiger charge is -2.43. The van der Waals surface area contributed by atoms with Gasteiger partial charge in [-0.25, -0.2) is 0 Å². The molecule has 5 nitrogen and oxygen atoms in total. The van der Waals surface area contributed by atoms with Gasteiger partial charge in [0.15, 0.2) is 0 Å². The molecule has 0 spiro atoms. The second-order valence-corrected chi connectivity index (χ2v) is 5.76. The summed E-state index contributed by atoms with van der Waals surface area (Å²) in [6.45, 7) is 5.99. The lowest BCUT2D eigenvalue weighted by molar-refractivity contribution is -0.384. The number of methoxy groups -OCH3 is 1. The third-order valence-electron chi connectivity index (χ3n) is 4.66. The monoisotopic (exact) mass is 278 g/mol. The molecular weight excluding hydrogens is 256 g/mol. The Kier molecular flexibility index (Phi) is 4.28. The summed E-state index contributed by atoms with van der Waals surface area (Å²) >= 11 is 0. The van der Waals surface area contributed by atoms with Crippen LogP contribution in [-0.2, 0) is 4.74 Å². The Morgan fingerprint density at radius 1 is 1.35 bits per heavy atom. The van der Waals surface area contributed by atoms with Crippen molar-refractivity contribution < 1.29 is 9.66 Å². The first-order valence-corrected chi connectivity index (χ1v) is 6.99. The third kappa shape index (κ3) is 2.77. The van der Waals surface area contributed by atoms with E-state index >= 15 is 0 Å². The number of nitrogens with zero attached hydrogens (tertiary/aromatic N) is 2. The van der Waals surface area contributed by atoms with E-state index in [9.17, 15) is 10.1 Å². The quantitative estimate of drug-likeness (QED) is 0.626. The molecule has 1 aliphatic rings. The molecule has 0 radical (unpaired) electrons. The maximum Gasteiger partial charge on any atom is 0.292 e. The standard InChI is InChI=1S/C15H22N2O3/c1-12(20-3)15(2)8-10-16(11-9-15)13-6-4-5-7-14(13)17(18)19/h4-7,12H,8-11H2,1-3H3. The molecular formula is C15H22N2O3. The van der Waals surface area contributed by atoms with E-state index in [0.29, 0.717) is 0 Å². The molecule has 1 heterocycles. The molecule has 20 heavy (non-hydrogen) atoms. The van der Waals surface area contributed by atoms with Crippen LogP contribution in [0.2, 0.25) is 0 Å². The molecule has 0 aliphatic carbocycles. The van der Waals surface area contributed by atoms with E-state index in [1.807, 2.05) is 12.1 Å². The topological polar surface area (TPSA) is 55.6 Å². The second kappa shape index (κ2) is 5.79. The van der Waals surface area contributed by atoms with Crippen LogP contribution >= 0.6 is 0 Å². The molecule has 0 amide bonds. The van der Waals surface area contributed by atoms with Crippen molar-refractivity contribution in [3.05, 3.63) is 34.4 Å². The van der Waals surface area contributed by atoms with Crippen molar-refractivity contribution in [2.24, 2.45) is 5.41 Å². The van der Waals surface area contributed by atoms with Gasteiger partial charge in [-0.05, 0) is 31.2 Å². The van der Waals surface area contributed by atoms with Crippen LogP contribution in [0.15, 0.2) is 24.3 Å². The van der Waals surface area contributed by atoms with Gasteiger partial charge in [0.2, 0.25) is 0 Å². The summed E-state index contributed by atoms with van der Waals surface area (Å²) in [6, 6.07) is 6.97. The summed E-state index contributed by atoms with van der Waals surface area (Å²) in [5.74, 6) is 0. The van der Waals surface area contributed by atoms with E-state index < -0.39 is 0 Å². The number of piperidine rings is 1. The highest BCUT2D eigenvalue weighted by Crippen LogP contribution is 2.39. The molecule has 1 fully saturated rings. The van der Waals surface area contributed by atoms with Gasteiger partial charge in [0, 0.05) is 26.3 Å². The lowest BCUT2D eigenvalue weighted by Crippen LogP contribution is -2.44. The Bertz CT molecular complexity index is 482. The molecule has 1 atom stereocenters. The molecule has 0 bridgehead atoms. The van der Waals surface area contributed by atoms with Crippen molar-refractivity contribution in [2.75, 3.05) is 25.1 Å². The zero-order valence-corrected chi connectivity index (χ0v) is 12.3. The Morgan fingerprint density at radius 2 is 1.95 bits per heavy atom. The van der Waals surface area contributed by atoms with Gasteiger partial charge in [-0.3, -0.25) is 10.1 Å². The van der Waals surface area contributed by atoms with Crippen LogP contribution in [0.5, 0.6) is 0 Å². The zero-order chi connectivity index (χ0) is 14.8. The number of benzene rings is 1. The number of nitro groups is 1. The number of hydrogen-bond donors (Lipinski definition) is 0. The minimum atomic E-state index is -0.305. The van der Waals surface area contributed by atoms with Crippen molar-refractivity contribution in [3.8, 4) is 0 Å². The Hall–Kier alpha value is -1.62. The van der Waals surface area contributed by atoms with Crippen LogP contribution in [0, 0.1) is 15.5 Å². The molecule has 110 valence electrons. The van der Waals surface area contributed by atoms with Gasteiger partial charge in [0.05, 0.1) is 11.0 Å². The van der Waals surface area contributed by atoms with Gasteiger partial charge in [-0.1, -0.05) is 19.1 Å². The minimum Gasteiger partial charge on any atom is -0.381 e. The van der Waals surface area contributed by atoms with E-state index in [2.05, 4.69) is 18.7 Å². The van der Waals surface area contributed by atoms with Gasteiger partial charge in [-0.15, -0.1) is 0 Å². The van der Waals surface area contributed by atoms with Gasteiger partial charge in [0.1, 0.15) is 5.69 Å². The van der Waals surface area contributed by atoms with Crippen molar-refractivity contribution in [1.82, 2.24) is 0 Å². The Morgan fingerprint density at radius 3 is 2.50 bits per heavy atom. The number of anilines is 1. The summed E-state index contributed by atoms with van der Waals surface area (Å²) in [4.78, 5) is 12.9. The predicted molar refractivity (Wildman–Crippen MR) is 79.1 cm³/mol. The van der Waals surface area contributed by atoms with Crippen molar-refractivity contribution in [2.45, 2.75) is 32.8 Å². The number of ether oxygens (including phenoxy) is 1. The maximum absolute atomic E-state index is 11.1. The summed E-state index contributed by atoms with van der Waals surface area (Å²) in [5, 5.41) is 11.1. The molecule has 0 N–H and O–H groups in total. The Labute approximate surface area is 119 Å². The normalized spacial score (nSPS) is 19.6. The molecule has 0 aromatic heterocycles. The van der Waals surface area contributed by atoms with E-state index in [4.69, 9.17) is 4.74 Å². The molecule has 1 unspecified atom stereocenters. The number of para-hydroxylation sites is 2. The maximum atomic E-state index is 11.1. The van der Waals surface area contributed by atoms with Crippen molar-refractivity contribution >= 4 is 11.4 Å². The predicted octanol–water partition coefficient (Wildman–Crippen LogP) is 3.24. The zero-order valence-electron chi connectivity index (χ0n) is 12.3. The molecule has 5 heteroatoms. The van der Waals surface area contributed by atoms with Crippen LogP contribution in [0.4, 0.5) is 11.4 Å². The van der Waals surface area contributed by atoms with Gasteiger partial charge >= 0.3 is 0 Å². The van der Waals surface area contributed by atoms with Crippen molar-refractivity contribution in [1.29, 1.82) is 0 Å². The third-order valence-corrected chi connectivity index (χ3v) is 4.66. The van der Waals surface area contributed by atoms with E-state index in [1.165, 1.54) is 0 Å². The number of hydrogen-bond acceptors (Lipinski definition) is 4. The smallest absolute Gasteiger partial charge is 0.292 e. The molecule has 2 rings (SSSR count). The summed E-state index contributed by atoms with van der Waals surface area (Å²) in [7, 11) is 1.74. The van der Waals surface area contributed by atoms with Crippen LogP contribution < -0.4 is 4.90 Å². The number of nitro benzene ring substituents is 1. The second-order valence-electron chi connectivity index (χ2n) is 5.76. The fourth-order valence-corrected chi connectivity index (χ4v) is 2.84. The summed E-state index contributed by atoms with van der Waals surface area (Å²) in [5.41, 5.74) is 1.06. The Balaban J connectivity index is 2.14. The van der Waals surface area contributed by atoms with Crippen molar-refractivity contribution in [3.63, 3.8) is 0 Å². The minimum absolute atomic E-state index is 0.148. The lowest BCUT2D eigenvalue weighted by atomic mass is 9.76. The van der Waals surface area contributed by atoms with Gasteiger partial charge in [-0.2, -0.15) is 0 Å². The average molecular weight is 278 g/mol. The van der Waals surface area contributed by atoms with E-state index in [1.54, 1.807) is 19.2 Å². The first-order chi connectivity index (χ1) is 9.48. The molecule has 1 aromatic carbocycles. The number of rotatable bonds is 4. The summed E-state index contributed by atoms with van der Waals surface area (Å²) in [6.07, 6.45) is 2.16. The van der Waals surface area contributed by atoms with Gasteiger partial charge in [0.25, 0.3) is 5.69 Å². The highest BCUT2D eigenvalue weighted by Gasteiger charge is 2.36. The average Bonchev–Trinajstić information content (AvgIpc) is 2.47. The van der Waals surface area contributed by atoms with E-state index in [0.717, 1.165) is 31.6 Å². The SMILES string of the molecule is COC(C)C1(C)CCN(c2ccccc2[N+](=O)[O-])CC1. The molecule has 0 saturated carbocycles. The molecule has 1 aromatic rings. The molecule has 1 saturated heterocycles. The first-order valence-electron chi connectivity index (χ1n) is 6.99. The van der Waals surface area contributed by atoms with Gasteiger partial charge < -0.3 is 9.64 Å². The highest BCUT2D eigenvalue weighted by molar-refractivity contribution is 5.63. The summed E-state index contributed by atoms with van der Waals surface area (Å²) < 4.78 is 5.47. The van der Waals surface area contributed by atoms with E-state index in [-0.39, 0.29) is 22.1 Å². The van der Waals surface area contributed by atoms with Crippen LogP contribution in [0.3, 0.4) is 0 Å². The fourth-order valence-electron chi connectivity index (χ4n) is 2.84. The first kappa shape index (κ1) is 14.8. The van der Waals surface area contributed by atoms with Crippen LogP contribution in [0.1, 0.15) is 26.7 Å². The largest absolute Gasteiger partial charge is 0.381 e. The van der Waals surface area contributed by atoms with Crippen LogP contribution in [0.25, 0.3) is 0 Å². The fraction of sp³-hybridized carbons (Fsp3) is 0.600. The van der Waals surface area contributed by atoms with Crippen LogP contribution in [-0.4, -0.2) is 31.2 Å². The molecule has 1 aliphatic heterocycles. The highest BCUT2D eigenvalue weighted by atomic mass is 16.6.